The molecule has 2 rings (SSSR count). The van der Waals surface area contributed by atoms with E-state index in [4.69, 9.17) is 10.2 Å². The molecule has 0 aliphatic heterocycles. The summed E-state index contributed by atoms with van der Waals surface area (Å²) in [6.45, 7) is 4.26. The molecular formula is C13H19NO2S. The molecular weight excluding hydrogens is 234 g/mol. The van der Waals surface area contributed by atoms with Crippen LogP contribution in [0.15, 0.2) is 42.0 Å². The second kappa shape index (κ2) is 11.3. The van der Waals surface area contributed by atoms with Crippen LogP contribution in [0.1, 0.15) is 24.3 Å². The first-order valence-electron chi connectivity index (χ1n) is 5.50. The highest BCUT2D eigenvalue weighted by molar-refractivity contribution is 7.09. The molecule has 0 saturated carbocycles. The minimum Gasteiger partial charge on any atom is -0.392 e. The van der Waals surface area contributed by atoms with E-state index in [-0.39, 0.29) is 13.2 Å². The maximum Gasteiger partial charge on any atom is 0.0774 e. The molecule has 0 aliphatic rings. The first-order chi connectivity index (χ1) is 8.36. The van der Waals surface area contributed by atoms with Crippen LogP contribution in [0.4, 0.5) is 0 Å². The third-order valence-electron chi connectivity index (χ3n) is 1.64. The predicted molar refractivity (Wildman–Crippen MR) is 71.7 cm³/mol. The molecule has 0 amide bonds. The average molecular weight is 253 g/mol. The summed E-state index contributed by atoms with van der Waals surface area (Å²) in [7, 11) is 0. The quantitative estimate of drug-likeness (QED) is 0.865. The molecule has 4 heteroatoms. The SMILES string of the molecule is CC.OCc1cccnc1.OCc1cccs1. The summed E-state index contributed by atoms with van der Waals surface area (Å²) in [5, 5.41) is 18.9. The molecule has 0 aromatic carbocycles. The van der Waals surface area contributed by atoms with E-state index < -0.39 is 0 Å². The fourth-order valence-electron chi connectivity index (χ4n) is 0.894. The van der Waals surface area contributed by atoms with Crippen molar-refractivity contribution in [2.24, 2.45) is 0 Å². The van der Waals surface area contributed by atoms with Crippen LogP contribution in [-0.2, 0) is 13.2 Å². The average Bonchev–Trinajstić information content (AvgIpc) is 2.96. The Balaban J connectivity index is 0.000000265. The first kappa shape index (κ1) is 15.8. The number of hydrogen-bond donors (Lipinski definition) is 2. The second-order valence-electron chi connectivity index (χ2n) is 2.76. The maximum absolute atomic E-state index is 8.50. The smallest absolute Gasteiger partial charge is 0.0774 e. The van der Waals surface area contributed by atoms with Gasteiger partial charge in [-0.3, -0.25) is 4.98 Å². The largest absolute Gasteiger partial charge is 0.392 e. The summed E-state index contributed by atoms with van der Waals surface area (Å²) in [5.41, 5.74) is 0.854. The highest BCUT2D eigenvalue weighted by Gasteiger charge is 1.84. The van der Waals surface area contributed by atoms with E-state index in [1.807, 2.05) is 37.4 Å². The van der Waals surface area contributed by atoms with Crippen molar-refractivity contribution in [2.75, 3.05) is 0 Å². The molecule has 2 N–H and O–H groups in total. The van der Waals surface area contributed by atoms with E-state index in [2.05, 4.69) is 4.98 Å². The van der Waals surface area contributed by atoms with Crippen molar-refractivity contribution in [1.29, 1.82) is 0 Å². The van der Waals surface area contributed by atoms with Gasteiger partial charge >= 0.3 is 0 Å². The summed E-state index contributed by atoms with van der Waals surface area (Å²) in [6, 6.07) is 7.46. The van der Waals surface area contributed by atoms with Crippen LogP contribution in [-0.4, -0.2) is 15.2 Å². The monoisotopic (exact) mass is 253 g/mol. The fourth-order valence-corrected chi connectivity index (χ4v) is 1.46. The van der Waals surface area contributed by atoms with E-state index in [1.165, 1.54) is 0 Å². The number of rotatable bonds is 2. The molecule has 0 atom stereocenters. The molecule has 0 bridgehead atoms. The van der Waals surface area contributed by atoms with Crippen molar-refractivity contribution in [3.8, 4) is 0 Å². The molecule has 0 unspecified atom stereocenters. The van der Waals surface area contributed by atoms with E-state index in [0.29, 0.717) is 0 Å². The molecule has 2 aromatic rings. The van der Waals surface area contributed by atoms with Crippen LogP contribution in [0, 0.1) is 0 Å². The number of thiophene rings is 1. The zero-order valence-corrected chi connectivity index (χ0v) is 11.0. The topological polar surface area (TPSA) is 53.4 Å². The Morgan fingerprint density at radius 2 is 1.88 bits per heavy atom. The molecule has 0 saturated heterocycles. The van der Waals surface area contributed by atoms with Gasteiger partial charge in [0, 0.05) is 17.3 Å². The lowest BCUT2D eigenvalue weighted by atomic mass is 10.3. The number of nitrogens with zero attached hydrogens (tertiary/aromatic N) is 1. The summed E-state index contributed by atoms with van der Waals surface area (Å²) in [4.78, 5) is 4.82. The highest BCUT2D eigenvalue weighted by atomic mass is 32.1. The number of hydrogen-bond acceptors (Lipinski definition) is 4. The number of pyridine rings is 1. The Morgan fingerprint density at radius 1 is 1.12 bits per heavy atom. The summed E-state index contributed by atoms with van der Waals surface area (Å²) < 4.78 is 0. The van der Waals surface area contributed by atoms with Gasteiger partial charge < -0.3 is 10.2 Å². The maximum atomic E-state index is 8.50. The lowest BCUT2D eigenvalue weighted by Gasteiger charge is -1.88. The summed E-state index contributed by atoms with van der Waals surface area (Å²) in [6.07, 6.45) is 3.32. The molecule has 0 fully saturated rings. The van der Waals surface area contributed by atoms with Crippen LogP contribution < -0.4 is 0 Å². The van der Waals surface area contributed by atoms with Gasteiger partial charge in [0.05, 0.1) is 13.2 Å². The van der Waals surface area contributed by atoms with Crippen LogP contribution in [0.3, 0.4) is 0 Å². The van der Waals surface area contributed by atoms with Crippen molar-refractivity contribution in [3.05, 3.63) is 52.5 Å². The van der Waals surface area contributed by atoms with Crippen molar-refractivity contribution in [2.45, 2.75) is 27.1 Å². The van der Waals surface area contributed by atoms with E-state index >= 15 is 0 Å². The van der Waals surface area contributed by atoms with Gasteiger partial charge in [-0.05, 0) is 23.1 Å². The van der Waals surface area contributed by atoms with Crippen LogP contribution >= 0.6 is 11.3 Å². The Kier molecular flexibility index (Phi) is 10.4. The van der Waals surface area contributed by atoms with Crippen molar-refractivity contribution < 1.29 is 10.2 Å². The molecule has 2 heterocycles. The van der Waals surface area contributed by atoms with E-state index in [9.17, 15) is 0 Å². The van der Waals surface area contributed by atoms with Gasteiger partial charge in [-0.25, -0.2) is 0 Å². The normalized spacial score (nSPS) is 8.47. The Morgan fingerprint density at radius 3 is 2.18 bits per heavy atom. The number of aromatic nitrogens is 1. The standard InChI is InChI=1S/C6H7NO.C5H6OS.C2H6/c8-5-6-2-1-3-7-4-6;6-4-5-2-1-3-7-5;1-2/h1-4,8H,5H2;1-3,6H,4H2;1-2H3. The lowest BCUT2D eigenvalue weighted by Crippen LogP contribution is -1.80. The van der Waals surface area contributed by atoms with Gasteiger partial charge in [0.1, 0.15) is 0 Å². The van der Waals surface area contributed by atoms with Crippen LogP contribution in [0.2, 0.25) is 0 Å². The van der Waals surface area contributed by atoms with E-state index in [0.717, 1.165) is 10.4 Å². The van der Waals surface area contributed by atoms with Gasteiger partial charge in [-0.2, -0.15) is 0 Å². The third kappa shape index (κ3) is 7.63. The van der Waals surface area contributed by atoms with Crippen molar-refractivity contribution >= 4 is 11.3 Å². The van der Waals surface area contributed by atoms with Gasteiger partial charge in [0.2, 0.25) is 0 Å². The predicted octanol–water partition coefficient (Wildman–Crippen LogP) is 2.84. The van der Waals surface area contributed by atoms with Crippen molar-refractivity contribution in [1.82, 2.24) is 4.98 Å². The Labute approximate surface area is 106 Å². The first-order valence-corrected chi connectivity index (χ1v) is 6.37. The zero-order valence-electron chi connectivity index (χ0n) is 10.2. The fraction of sp³-hybridized carbons (Fsp3) is 0.308. The number of aliphatic hydroxyl groups is 2. The van der Waals surface area contributed by atoms with Crippen LogP contribution in [0.25, 0.3) is 0 Å². The van der Waals surface area contributed by atoms with Crippen molar-refractivity contribution in [3.63, 3.8) is 0 Å². The highest BCUT2D eigenvalue weighted by Crippen LogP contribution is 2.06. The lowest BCUT2D eigenvalue weighted by molar-refractivity contribution is 0.281. The molecule has 0 radical (unpaired) electrons. The molecule has 0 aliphatic carbocycles. The second-order valence-corrected chi connectivity index (χ2v) is 3.79. The molecule has 17 heavy (non-hydrogen) atoms. The zero-order chi connectivity index (χ0) is 12.9. The molecule has 2 aromatic heterocycles. The van der Waals surface area contributed by atoms with Gasteiger partial charge in [0.15, 0.2) is 0 Å². The van der Waals surface area contributed by atoms with Gasteiger partial charge in [-0.1, -0.05) is 26.0 Å². The minimum atomic E-state index is 0.0772. The third-order valence-corrected chi connectivity index (χ3v) is 2.50. The van der Waals surface area contributed by atoms with E-state index in [1.54, 1.807) is 29.8 Å². The van der Waals surface area contributed by atoms with Gasteiger partial charge in [0.25, 0.3) is 0 Å². The molecule has 3 nitrogen and oxygen atoms in total. The summed E-state index contributed by atoms with van der Waals surface area (Å²) in [5.74, 6) is 0. The Hall–Kier alpha value is -1.23. The van der Waals surface area contributed by atoms with Crippen LogP contribution in [0.5, 0.6) is 0 Å². The molecule has 0 spiro atoms. The minimum absolute atomic E-state index is 0.0772. The summed E-state index contributed by atoms with van der Waals surface area (Å²) >= 11 is 1.57. The molecule has 94 valence electrons. The van der Waals surface area contributed by atoms with Gasteiger partial charge in [-0.15, -0.1) is 11.3 Å². The Bertz CT molecular complexity index is 349. The number of aliphatic hydroxyl groups excluding tert-OH is 2.